The van der Waals surface area contributed by atoms with E-state index in [-0.39, 0.29) is 23.2 Å². The van der Waals surface area contributed by atoms with E-state index in [9.17, 15) is 20.0 Å². The van der Waals surface area contributed by atoms with E-state index in [1.165, 1.54) is 6.08 Å². The first kappa shape index (κ1) is 12.7. The molecule has 1 N–H and O–H groups in total. The number of rotatable bonds is 4. The molecule has 0 bridgehead atoms. The molecule has 0 amide bonds. The molecule has 6 nitrogen and oxygen atoms in total. The van der Waals surface area contributed by atoms with Gasteiger partial charge < -0.3 is 9.84 Å². The number of phenolic OH excluding ortho intramolecular Hbond substituents is 1. The Morgan fingerprint density at radius 2 is 2.29 bits per heavy atom. The van der Waals surface area contributed by atoms with E-state index >= 15 is 0 Å². The van der Waals surface area contributed by atoms with Gasteiger partial charge in [0.1, 0.15) is 11.3 Å². The van der Waals surface area contributed by atoms with Gasteiger partial charge in [-0.15, -0.1) is 6.58 Å². The summed E-state index contributed by atoms with van der Waals surface area (Å²) in [5.74, 6) is -1.19. The Bertz CT molecular complexity index is 481. The van der Waals surface area contributed by atoms with Gasteiger partial charge in [0.25, 0.3) is 5.69 Å². The van der Waals surface area contributed by atoms with Gasteiger partial charge in [-0.2, -0.15) is 0 Å². The van der Waals surface area contributed by atoms with Crippen molar-refractivity contribution in [3.8, 4) is 5.75 Å². The highest BCUT2D eigenvalue weighted by Gasteiger charge is 2.22. The van der Waals surface area contributed by atoms with Crippen LogP contribution in [-0.4, -0.2) is 23.1 Å². The summed E-state index contributed by atoms with van der Waals surface area (Å²) in [5, 5.41) is 20.5. The molecule has 0 heterocycles. The fourth-order valence-electron chi connectivity index (χ4n) is 1.42. The lowest BCUT2D eigenvalue weighted by Gasteiger charge is -2.07. The van der Waals surface area contributed by atoms with Crippen LogP contribution in [0.4, 0.5) is 5.69 Å². The van der Waals surface area contributed by atoms with E-state index in [0.29, 0.717) is 0 Å². The normalized spacial score (nSPS) is 9.71. The Morgan fingerprint density at radius 1 is 1.65 bits per heavy atom. The highest BCUT2D eigenvalue weighted by atomic mass is 16.6. The van der Waals surface area contributed by atoms with Gasteiger partial charge in [-0.05, 0) is 6.07 Å². The van der Waals surface area contributed by atoms with Crippen molar-refractivity contribution in [2.45, 2.75) is 6.42 Å². The molecular weight excluding hydrogens is 226 g/mol. The van der Waals surface area contributed by atoms with Crippen molar-refractivity contribution in [1.82, 2.24) is 0 Å². The van der Waals surface area contributed by atoms with E-state index in [0.717, 1.165) is 19.2 Å². The number of carbonyl (C=O) groups is 1. The van der Waals surface area contributed by atoms with E-state index in [4.69, 9.17) is 0 Å². The number of allylic oxidation sites excluding steroid dienone is 1. The summed E-state index contributed by atoms with van der Waals surface area (Å²) in [4.78, 5) is 21.4. The number of nitro benzene ring substituents is 1. The lowest BCUT2D eigenvalue weighted by atomic mass is 10.0. The minimum Gasteiger partial charge on any atom is -0.506 e. The van der Waals surface area contributed by atoms with Crippen molar-refractivity contribution in [3.63, 3.8) is 0 Å². The van der Waals surface area contributed by atoms with E-state index in [1.807, 2.05) is 0 Å². The smallest absolute Gasteiger partial charge is 0.341 e. The molecule has 1 aromatic rings. The number of aromatic hydroxyl groups is 1. The summed E-state index contributed by atoms with van der Waals surface area (Å²) in [7, 11) is 1.16. The minimum atomic E-state index is -0.747. The Morgan fingerprint density at radius 3 is 2.76 bits per heavy atom. The van der Waals surface area contributed by atoms with Gasteiger partial charge in [0, 0.05) is 12.5 Å². The molecule has 0 aromatic heterocycles. The fourth-order valence-corrected chi connectivity index (χ4v) is 1.42. The molecule has 1 rings (SSSR count). The number of nitrogens with zero attached hydrogens (tertiary/aromatic N) is 1. The lowest BCUT2D eigenvalue weighted by molar-refractivity contribution is -0.385. The van der Waals surface area contributed by atoms with Crippen molar-refractivity contribution in [2.24, 2.45) is 0 Å². The second kappa shape index (κ2) is 5.11. The average Bonchev–Trinajstić information content (AvgIpc) is 2.30. The predicted molar refractivity (Wildman–Crippen MR) is 60.0 cm³/mol. The van der Waals surface area contributed by atoms with E-state index in [2.05, 4.69) is 11.3 Å². The first-order chi connectivity index (χ1) is 8.02. The third kappa shape index (κ3) is 2.41. The average molecular weight is 237 g/mol. The number of nitro groups is 1. The van der Waals surface area contributed by atoms with Gasteiger partial charge in [-0.1, -0.05) is 6.08 Å². The van der Waals surface area contributed by atoms with Crippen LogP contribution in [0.3, 0.4) is 0 Å². The fraction of sp³-hybridized carbons (Fsp3) is 0.182. The second-order valence-electron chi connectivity index (χ2n) is 3.20. The third-order valence-corrected chi connectivity index (χ3v) is 2.21. The first-order valence-corrected chi connectivity index (χ1v) is 4.71. The SMILES string of the molecule is C=CCc1c([N+](=O)[O-])ccc(C(=O)OC)c1O. The van der Waals surface area contributed by atoms with Crippen LogP contribution in [0.15, 0.2) is 24.8 Å². The Balaban J connectivity index is 3.42. The maximum Gasteiger partial charge on any atom is 0.341 e. The number of esters is 1. The molecule has 90 valence electrons. The second-order valence-corrected chi connectivity index (χ2v) is 3.20. The van der Waals surface area contributed by atoms with Crippen LogP contribution in [0.25, 0.3) is 0 Å². The van der Waals surface area contributed by atoms with Crippen LogP contribution in [0.2, 0.25) is 0 Å². The molecule has 0 saturated heterocycles. The van der Waals surface area contributed by atoms with Crippen molar-refractivity contribution in [3.05, 3.63) is 46.0 Å². The molecule has 0 aliphatic rings. The summed E-state index contributed by atoms with van der Waals surface area (Å²) < 4.78 is 4.46. The zero-order valence-electron chi connectivity index (χ0n) is 9.17. The Labute approximate surface area is 97.3 Å². The maximum atomic E-state index is 11.3. The number of carbonyl (C=O) groups excluding carboxylic acids is 1. The highest BCUT2D eigenvalue weighted by molar-refractivity contribution is 5.93. The van der Waals surface area contributed by atoms with Gasteiger partial charge in [-0.25, -0.2) is 4.79 Å². The molecule has 17 heavy (non-hydrogen) atoms. The number of hydrogen-bond donors (Lipinski definition) is 1. The minimum absolute atomic E-state index is 0.0490. The summed E-state index contributed by atoms with van der Waals surface area (Å²) in [5.41, 5.74) is -0.307. The molecule has 0 unspecified atom stereocenters. The Kier molecular flexibility index (Phi) is 3.82. The summed E-state index contributed by atoms with van der Waals surface area (Å²) in [6.45, 7) is 3.44. The zero-order valence-corrected chi connectivity index (χ0v) is 9.17. The lowest BCUT2D eigenvalue weighted by Crippen LogP contribution is -2.05. The van der Waals surface area contributed by atoms with Crippen LogP contribution < -0.4 is 0 Å². The Hall–Kier alpha value is -2.37. The topological polar surface area (TPSA) is 89.7 Å². The number of phenols is 1. The zero-order chi connectivity index (χ0) is 13.0. The summed E-state index contributed by atoms with van der Waals surface area (Å²) in [6.07, 6.45) is 1.50. The molecule has 0 spiro atoms. The number of ether oxygens (including phenoxy) is 1. The maximum absolute atomic E-state index is 11.3. The van der Waals surface area contributed by atoms with Crippen molar-refractivity contribution >= 4 is 11.7 Å². The summed E-state index contributed by atoms with van der Waals surface area (Å²) in [6, 6.07) is 2.32. The number of benzene rings is 1. The standard InChI is InChI=1S/C11H11NO5/c1-3-4-7-9(12(15)16)6-5-8(10(7)13)11(14)17-2/h3,5-6,13H,1,4H2,2H3. The van der Waals surface area contributed by atoms with Crippen LogP contribution >= 0.6 is 0 Å². The van der Waals surface area contributed by atoms with E-state index < -0.39 is 16.6 Å². The van der Waals surface area contributed by atoms with Crippen LogP contribution in [-0.2, 0) is 11.2 Å². The molecule has 0 fully saturated rings. The van der Waals surface area contributed by atoms with Crippen molar-refractivity contribution in [1.29, 1.82) is 0 Å². The monoisotopic (exact) mass is 237 g/mol. The van der Waals surface area contributed by atoms with Crippen LogP contribution in [0.1, 0.15) is 15.9 Å². The van der Waals surface area contributed by atoms with Gasteiger partial charge in [-0.3, -0.25) is 10.1 Å². The molecule has 0 aliphatic heterocycles. The molecule has 0 saturated carbocycles. The van der Waals surface area contributed by atoms with Crippen molar-refractivity contribution in [2.75, 3.05) is 7.11 Å². The van der Waals surface area contributed by atoms with E-state index in [1.54, 1.807) is 0 Å². The highest BCUT2D eigenvalue weighted by Crippen LogP contribution is 2.32. The molecular formula is C11H11NO5. The molecule has 6 heteroatoms. The van der Waals surface area contributed by atoms with Gasteiger partial charge >= 0.3 is 5.97 Å². The molecule has 0 atom stereocenters. The van der Waals surface area contributed by atoms with Gasteiger partial charge in [0.15, 0.2) is 0 Å². The largest absolute Gasteiger partial charge is 0.506 e. The van der Waals surface area contributed by atoms with Crippen molar-refractivity contribution < 1.29 is 19.6 Å². The van der Waals surface area contributed by atoms with Crippen LogP contribution in [0.5, 0.6) is 5.75 Å². The third-order valence-electron chi connectivity index (χ3n) is 2.21. The molecule has 0 radical (unpaired) electrons. The summed E-state index contributed by atoms with van der Waals surface area (Å²) >= 11 is 0. The molecule has 0 aliphatic carbocycles. The number of methoxy groups -OCH3 is 1. The first-order valence-electron chi connectivity index (χ1n) is 4.71. The quantitative estimate of drug-likeness (QED) is 0.373. The van der Waals surface area contributed by atoms with Gasteiger partial charge in [0.05, 0.1) is 17.6 Å². The predicted octanol–water partition coefficient (Wildman–Crippen LogP) is 1.82. The van der Waals surface area contributed by atoms with Crippen LogP contribution in [0, 0.1) is 10.1 Å². The number of hydrogen-bond acceptors (Lipinski definition) is 5. The molecule has 1 aromatic carbocycles. The van der Waals surface area contributed by atoms with Gasteiger partial charge in [0.2, 0.25) is 0 Å².